The Balaban J connectivity index is 2.88. The predicted molar refractivity (Wildman–Crippen MR) is 56.9 cm³/mol. The fourth-order valence-corrected chi connectivity index (χ4v) is 1.39. The van der Waals surface area contributed by atoms with E-state index in [0.29, 0.717) is 23.7 Å². The molecule has 6 heteroatoms. The van der Waals surface area contributed by atoms with E-state index in [1.165, 1.54) is 0 Å². The summed E-state index contributed by atoms with van der Waals surface area (Å²) in [4.78, 5) is 12.4. The molecule has 0 saturated heterocycles. The first-order chi connectivity index (χ1) is 6.80. The van der Waals surface area contributed by atoms with Crippen molar-refractivity contribution in [3.8, 4) is 6.01 Å². The third kappa shape index (κ3) is 3.02. The molecule has 5 nitrogen and oxygen atoms in total. The molecule has 1 rings (SSSR count). The fourth-order valence-electron chi connectivity index (χ4n) is 0.837. The zero-order valence-corrected chi connectivity index (χ0v) is 9.39. The largest absolute Gasteiger partial charge is 0.464 e. The molecule has 1 N–H and O–H groups in total. The van der Waals surface area contributed by atoms with Gasteiger partial charge < -0.3 is 10.1 Å². The van der Waals surface area contributed by atoms with E-state index in [-0.39, 0.29) is 0 Å². The van der Waals surface area contributed by atoms with Gasteiger partial charge >= 0.3 is 6.01 Å². The van der Waals surface area contributed by atoms with Crippen molar-refractivity contribution in [3.05, 3.63) is 0 Å². The SMILES string of the molecule is CCOc1nc(NC)nc(SCC)n1. The van der Waals surface area contributed by atoms with Crippen LogP contribution >= 0.6 is 11.8 Å². The van der Waals surface area contributed by atoms with E-state index >= 15 is 0 Å². The van der Waals surface area contributed by atoms with Crippen LogP contribution in [0.3, 0.4) is 0 Å². The number of hydrogen-bond donors (Lipinski definition) is 1. The van der Waals surface area contributed by atoms with Crippen molar-refractivity contribution in [2.75, 3.05) is 24.7 Å². The summed E-state index contributed by atoms with van der Waals surface area (Å²) >= 11 is 1.56. The quantitative estimate of drug-likeness (QED) is 0.748. The molecule has 0 spiro atoms. The normalized spacial score (nSPS) is 9.93. The number of rotatable bonds is 5. The smallest absolute Gasteiger partial charge is 0.322 e. The van der Waals surface area contributed by atoms with Gasteiger partial charge in [0.2, 0.25) is 5.95 Å². The van der Waals surface area contributed by atoms with Gasteiger partial charge in [-0.2, -0.15) is 15.0 Å². The maximum absolute atomic E-state index is 5.22. The molecule has 1 aromatic rings. The first-order valence-corrected chi connectivity index (χ1v) is 5.48. The summed E-state index contributed by atoms with van der Waals surface area (Å²) < 4.78 is 5.22. The predicted octanol–water partition coefficient (Wildman–Crippen LogP) is 1.42. The second-order valence-corrected chi connectivity index (χ2v) is 3.57. The van der Waals surface area contributed by atoms with Crippen molar-refractivity contribution in [1.29, 1.82) is 0 Å². The summed E-state index contributed by atoms with van der Waals surface area (Å²) in [6.07, 6.45) is 0. The minimum Gasteiger partial charge on any atom is -0.464 e. The van der Waals surface area contributed by atoms with Crippen molar-refractivity contribution in [1.82, 2.24) is 15.0 Å². The van der Waals surface area contributed by atoms with Crippen LogP contribution in [-0.4, -0.2) is 34.4 Å². The van der Waals surface area contributed by atoms with Gasteiger partial charge in [0, 0.05) is 7.05 Å². The summed E-state index contributed by atoms with van der Waals surface area (Å²) in [5.41, 5.74) is 0. The highest BCUT2D eigenvalue weighted by molar-refractivity contribution is 7.99. The van der Waals surface area contributed by atoms with Gasteiger partial charge in [0.25, 0.3) is 0 Å². The van der Waals surface area contributed by atoms with Crippen LogP contribution in [0.4, 0.5) is 5.95 Å². The van der Waals surface area contributed by atoms with Crippen LogP contribution in [0.2, 0.25) is 0 Å². The molecule has 0 aliphatic heterocycles. The Morgan fingerprint density at radius 1 is 1.29 bits per heavy atom. The molecule has 0 bridgehead atoms. The number of aromatic nitrogens is 3. The zero-order chi connectivity index (χ0) is 10.4. The molecule has 0 amide bonds. The Kier molecular flexibility index (Phi) is 4.45. The molecule has 0 atom stereocenters. The van der Waals surface area contributed by atoms with Crippen LogP contribution in [0, 0.1) is 0 Å². The second kappa shape index (κ2) is 5.64. The highest BCUT2D eigenvalue weighted by atomic mass is 32.2. The van der Waals surface area contributed by atoms with Crippen LogP contribution in [0.25, 0.3) is 0 Å². The molecule has 0 fully saturated rings. The van der Waals surface area contributed by atoms with Crippen LogP contribution in [0.5, 0.6) is 6.01 Å². The van der Waals surface area contributed by atoms with E-state index < -0.39 is 0 Å². The van der Waals surface area contributed by atoms with E-state index in [2.05, 4.69) is 20.3 Å². The third-order valence-corrected chi connectivity index (χ3v) is 2.09. The van der Waals surface area contributed by atoms with E-state index in [4.69, 9.17) is 4.74 Å². The minimum atomic E-state index is 0.378. The zero-order valence-electron chi connectivity index (χ0n) is 8.57. The maximum atomic E-state index is 5.22. The highest BCUT2D eigenvalue weighted by Crippen LogP contribution is 2.16. The third-order valence-electron chi connectivity index (χ3n) is 1.36. The topological polar surface area (TPSA) is 59.9 Å². The standard InChI is InChI=1S/C8H14N4OS/c1-4-13-7-10-6(9-3)11-8(12-7)14-5-2/h4-5H2,1-3H3,(H,9,10,11,12). The Hall–Kier alpha value is -1.04. The molecular formula is C8H14N4OS. The summed E-state index contributed by atoms with van der Waals surface area (Å²) in [6, 6.07) is 0.378. The van der Waals surface area contributed by atoms with E-state index in [1.807, 2.05) is 13.8 Å². The van der Waals surface area contributed by atoms with Gasteiger partial charge in [-0.3, -0.25) is 0 Å². The number of hydrogen-bond acceptors (Lipinski definition) is 6. The lowest BCUT2D eigenvalue weighted by Gasteiger charge is -2.05. The van der Waals surface area contributed by atoms with Gasteiger partial charge in [0.15, 0.2) is 5.16 Å². The highest BCUT2D eigenvalue weighted by Gasteiger charge is 2.05. The second-order valence-electron chi connectivity index (χ2n) is 2.34. The summed E-state index contributed by atoms with van der Waals surface area (Å²) in [5, 5.41) is 3.56. The first kappa shape index (κ1) is 11.0. The van der Waals surface area contributed by atoms with Crippen molar-refractivity contribution < 1.29 is 4.74 Å². The van der Waals surface area contributed by atoms with Crippen molar-refractivity contribution in [3.63, 3.8) is 0 Å². The van der Waals surface area contributed by atoms with Crippen molar-refractivity contribution in [2.24, 2.45) is 0 Å². The Morgan fingerprint density at radius 3 is 2.64 bits per heavy atom. The Labute approximate surface area is 87.7 Å². The summed E-state index contributed by atoms with van der Waals surface area (Å²) in [6.45, 7) is 4.51. The fraction of sp³-hybridized carbons (Fsp3) is 0.625. The Morgan fingerprint density at radius 2 is 2.07 bits per heavy atom. The van der Waals surface area contributed by atoms with Crippen LogP contribution < -0.4 is 10.1 Å². The molecule has 78 valence electrons. The lowest BCUT2D eigenvalue weighted by atomic mass is 10.8. The first-order valence-electron chi connectivity index (χ1n) is 4.49. The average molecular weight is 214 g/mol. The molecule has 0 saturated carbocycles. The lowest BCUT2D eigenvalue weighted by molar-refractivity contribution is 0.308. The van der Waals surface area contributed by atoms with Gasteiger partial charge in [0.05, 0.1) is 6.61 Å². The van der Waals surface area contributed by atoms with E-state index in [0.717, 1.165) is 5.75 Å². The monoisotopic (exact) mass is 214 g/mol. The minimum absolute atomic E-state index is 0.378. The average Bonchev–Trinajstić information content (AvgIpc) is 2.18. The molecule has 0 unspecified atom stereocenters. The van der Waals surface area contributed by atoms with Crippen LogP contribution in [0.1, 0.15) is 13.8 Å². The number of nitrogens with one attached hydrogen (secondary N) is 1. The van der Waals surface area contributed by atoms with Crippen molar-refractivity contribution >= 4 is 17.7 Å². The molecule has 0 aliphatic carbocycles. The van der Waals surface area contributed by atoms with Crippen LogP contribution in [0.15, 0.2) is 5.16 Å². The van der Waals surface area contributed by atoms with Gasteiger partial charge in [-0.1, -0.05) is 18.7 Å². The van der Waals surface area contributed by atoms with Gasteiger partial charge in [0.1, 0.15) is 0 Å². The Bertz CT molecular complexity index is 270. The van der Waals surface area contributed by atoms with E-state index in [9.17, 15) is 0 Å². The molecule has 1 aromatic heterocycles. The number of anilines is 1. The van der Waals surface area contributed by atoms with Crippen molar-refractivity contribution in [2.45, 2.75) is 19.0 Å². The number of ether oxygens (including phenoxy) is 1. The lowest BCUT2D eigenvalue weighted by Crippen LogP contribution is -2.04. The number of nitrogens with zero attached hydrogens (tertiary/aromatic N) is 3. The molecule has 0 aliphatic rings. The molecule has 0 radical (unpaired) electrons. The van der Waals surface area contributed by atoms with Gasteiger partial charge in [-0.15, -0.1) is 0 Å². The molecular weight excluding hydrogens is 200 g/mol. The maximum Gasteiger partial charge on any atom is 0.322 e. The molecule has 1 heterocycles. The molecule has 0 aromatic carbocycles. The summed E-state index contributed by atoms with van der Waals surface area (Å²) in [5.74, 6) is 1.47. The van der Waals surface area contributed by atoms with E-state index in [1.54, 1.807) is 18.8 Å². The van der Waals surface area contributed by atoms with Gasteiger partial charge in [-0.25, -0.2) is 0 Å². The van der Waals surface area contributed by atoms with Gasteiger partial charge in [-0.05, 0) is 12.7 Å². The van der Waals surface area contributed by atoms with Crippen LogP contribution in [-0.2, 0) is 0 Å². The molecule has 14 heavy (non-hydrogen) atoms. The number of thioether (sulfide) groups is 1. The summed E-state index contributed by atoms with van der Waals surface area (Å²) in [7, 11) is 1.77.